The maximum Gasteiger partial charge on any atom is 0.256 e. The van der Waals surface area contributed by atoms with E-state index in [9.17, 15) is 14.7 Å². The van der Waals surface area contributed by atoms with Crippen LogP contribution in [0.2, 0.25) is 5.02 Å². The molecule has 0 fully saturated rings. The van der Waals surface area contributed by atoms with E-state index in [2.05, 4.69) is 5.32 Å². The Kier molecular flexibility index (Phi) is 5.20. The summed E-state index contributed by atoms with van der Waals surface area (Å²) >= 11 is 5.98. The SMILES string of the molecule is O=C([O-])c1cc2oc3ccccc3c3ccccc3oc2cc1C(=O)Nc1cccc(Cl)c1. The predicted octanol–water partition coefficient (Wildman–Crippen LogP) is 5.73. The van der Waals surface area contributed by atoms with Crippen molar-refractivity contribution in [3.8, 4) is 0 Å². The van der Waals surface area contributed by atoms with Gasteiger partial charge in [0.2, 0.25) is 0 Å². The molecule has 0 aliphatic heterocycles. The Balaban J connectivity index is 1.79. The van der Waals surface area contributed by atoms with E-state index >= 15 is 0 Å². The van der Waals surface area contributed by atoms with E-state index in [0.717, 1.165) is 10.8 Å². The van der Waals surface area contributed by atoms with Gasteiger partial charge in [-0.3, -0.25) is 4.79 Å². The first-order valence-electron chi connectivity index (χ1n) is 10.00. The fraction of sp³-hybridized carbons (Fsp3) is 0. The molecular weight excluding hydrogens is 442 g/mol. The molecule has 0 aliphatic carbocycles. The van der Waals surface area contributed by atoms with Gasteiger partial charge in [0.15, 0.2) is 11.2 Å². The van der Waals surface area contributed by atoms with Gasteiger partial charge in [0.05, 0.1) is 11.5 Å². The summed E-state index contributed by atoms with van der Waals surface area (Å²) in [6.07, 6.45) is 0. The molecule has 0 saturated heterocycles. The number of carbonyl (C=O) groups excluding carboxylic acids is 2. The smallest absolute Gasteiger partial charge is 0.256 e. The molecule has 7 heteroatoms. The van der Waals surface area contributed by atoms with Gasteiger partial charge in [-0.1, -0.05) is 54.1 Å². The van der Waals surface area contributed by atoms with Crippen molar-refractivity contribution in [3.05, 3.63) is 101 Å². The lowest BCUT2D eigenvalue weighted by molar-refractivity contribution is -0.255. The third kappa shape index (κ3) is 4.00. The summed E-state index contributed by atoms with van der Waals surface area (Å²) < 4.78 is 12.1. The van der Waals surface area contributed by atoms with Gasteiger partial charge >= 0.3 is 0 Å². The van der Waals surface area contributed by atoms with Crippen molar-refractivity contribution in [3.63, 3.8) is 0 Å². The summed E-state index contributed by atoms with van der Waals surface area (Å²) in [5.74, 6) is -2.17. The summed E-state index contributed by atoms with van der Waals surface area (Å²) in [7, 11) is 0. The molecule has 1 N–H and O–H groups in total. The van der Waals surface area contributed by atoms with E-state index in [1.54, 1.807) is 36.4 Å². The topological polar surface area (TPSA) is 95.5 Å². The van der Waals surface area contributed by atoms with Crippen LogP contribution in [0.3, 0.4) is 0 Å². The van der Waals surface area contributed by atoms with Crippen molar-refractivity contribution >= 4 is 62.3 Å². The molecule has 4 aromatic carbocycles. The molecule has 1 amide bonds. The molecule has 0 unspecified atom stereocenters. The van der Waals surface area contributed by atoms with E-state index in [0.29, 0.717) is 21.9 Å². The monoisotopic (exact) mass is 456 g/mol. The fourth-order valence-electron chi connectivity index (χ4n) is 3.63. The van der Waals surface area contributed by atoms with Crippen molar-refractivity contribution in [1.82, 2.24) is 0 Å². The summed E-state index contributed by atoms with van der Waals surface area (Å²) in [6, 6.07) is 23.8. The molecule has 6 nitrogen and oxygen atoms in total. The molecule has 0 atom stereocenters. The van der Waals surface area contributed by atoms with Crippen molar-refractivity contribution in [2.45, 2.75) is 0 Å². The Hall–Kier alpha value is -4.29. The number of carboxylic acids is 1. The number of nitrogens with one attached hydrogen (secondary N) is 1. The molecular formula is C26H15ClNO5-. The lowest BCUT2D eigenvalue weighted by Gasteiger charge is -2.12. The van der Waals surface area contributed by atoms with Gasteiger partial charge in [-0.2, -0.15) is 0 Å². The highest BCUT2D eigenvalue weighted by atomic mass is 35.5. The average Bonchev–Trinajstić information content (AvgIpc) is 2.79. The number of hydrogen-bond donors (Lipinski definition) is 1. The first kappa shape index (κ1) is 20.6. The number of fused-ring (bicyclic) bond motifs is 4. The van der Waals surface area contributed by atoms with Gasteiger partial charge < -0.3 is 24.1 Å². The molecule has 162 valence electrons. The number of anilines is 1. The zero-order chi connectivity index (χ0) is 22.9. The number of carbonyl (C=O) groups is 2. The minimum absolute atomic E-state index is 0.135. The molecule has 5 rings (SSSR count). The Morgan fingerprint density at radius 2 is 1.27 bits per heavy atom. The Bertz CT molecular complexity index is 1610. The number of aromatic carboxylic acids is 1. The number of amides is 1. The molecule has 1 heterocycles. The van der Waals surface area contributed by atoms with Crippen molar-refractivity contribution in [2.24, 2.45) is 0 Å². The summed E-state index contributed by atoms with van der Waals surface area (Å²) in [5.41, 5.74) is 1.35. The van der Waals surface area contributed by atoms with Crippen LogP contribution in [0.25, 0.3) is 33.1 Å². The van der Waals surface area contributed by atoms with Crippen LogP contribution in [-0.2, 0) is 0 Å². The highest BCUT2D eigenvalue weighted by Crippen LogP contribution is 2.29. The number of halogens is 1. The van der Waals surface area contributed by atoms with Gasteiger partial charge in [0, 0.05) is 27.0 Å². The Labute approximate surface area is 192 Å². The molecule has 0 aliphatic rings. The number of para-hydroxylation sites is 2. The van der Waals surface area contributed by atoms with Crippen LogP contribution in [0.15, 0.2) is 93.8 Å². The third-order valence-corrected chi connectivity index (χ3v) is 5.37. The predicted molar refractivity (Wildman–Crippen MR) is 125 cm³/mol. The zero-order valence-electron chi connectivity index (χ0n) is 17.0. The maximum absolute atomic E-state index is 13.0. The molecule has 1 aromatic heterocycles. The average molecular weight is 457 g/mol. The van der Waals surface area contributed by atoms with Crippen LogP contribution in [0, 0.1) is 0 Å². The largest absolute Gasteiger partial charge is 0.545 e. The fourth-order valence-corrected chi connectivity index (χ4v) is 3.82. The minimum Gasteiger partial charge on any atom is -0.545 e. The van der Waals surface area contributed by atoms with E-state index < -0.39 is 11.9 Å². The Morgan fingerprint density at radius 3 is 1.85 bits per heavy atom. The van der Waals surface area contributed by atoms with Gasteiger partial charge in [-0.05, 0) is 42.5 Å². The first-order chi connectivity index (χ1) is 16.0. The number of benzene rings is 4. The zero-order valence-corrected chi connectivity index (χ0v) is 17.8. The van der Waals surface area contributed by atoms with Crippen LogP contribution in [0.5, 0.6) is 0 Å². The lowest BCUT2D eigenvalue weighted by Crippen LogP contribution is -2.26. The molecule has 0 bridgehead atoms. The van der Waals surface area contributed by atoms with Crippen LogP contribution in [-0.4, -0.2) is 11.9 Å². The second-order valence-corrected chi connectivity index (χ2v) is 7.73. The highest BCUT2D eigenvalue weighted by molar-refractivity contribution is 6.31. The van der Waals surface area contributed by atoms with E-state index in [4.69, 9.17) is 20.4 Å². The van der Waals surface area contributed by atoms with Gasteiger partial charge in [-0.15, -0.1) is 0 Å². The molecule has 0 spiro atoms. The second kappa shape index (κ2) is 8.33. The first-order valence-corrected chi connectivity index (χ1v) is 10.4. The van der Waals surface area contributed by atoms with Crippen molar-refractivity contribution in [1.29, 1.82) is 0 Å². The lowest BCUT2D eigenvalue weighted by atomic mass is 10.1. The summed E-state index contributed by atoms with van der Waals surface area (Å²) in [5, 5.41) is 16.6. The summed E-state index contributed by atoms with van der Waals surface area (Å²) in [6.45, 7) is 0. The van der Waals surface area contributed by atoms with E-state index in [1.807, 2.05) is 36.4 Å². The number of rotatable bonds is 3. The van der Waals surface area contributed by atoms with Gasteiger partial charge in [0.1, 0.15) is 11.2 Å². The molecule has 5 aromatic rings. The van der Waals surface area contributed by atoms with Crippen LogP contribution in [0.4, 0.5) is 5.69 Å². The van der Waals surface area contributed by atoms with Crippen molar-refractivity contribution < 1.29 is 23.5 Å². The standard InChI is InChI=1S/C26H16ClNO5/c27-15-6-5-7-16(12-15)28-25(29)19-13-23-24(14-20(19)26(30)31)33-22-11-4-2-9-18(22)17-8-1-3-10-21(17)32-23/h1-14H,(H,28,29)(H,30,31)/p-1. The van der Waals surface area contributed by atoms with Gasteiger partial charge in [-0.25, -0.2) is 0 Å². The Morgan fingerprint density at radius 1 is 0.697 bits per heavy atom. The van der Waals surface area contributed by atoms with Crippen LogP contribution >= 0.6 is 11.6 Å². The second-order valence-electron chi connectivity index (χ2n) is 7.29. The van der Waals surface area contributed by atoms with Crippen LogP contribution in [0.1, 0.15) is 20.7 Å². The maximum atomic E-state index is 13.0. The summed E-state index contributed by atoms with van der Waals surface area (Å²) in [4.78, 5) is 24.9. The quantitative estimate of drug-likeness (QED) is 0.374. The highest BCUT2D eigenvalue weighted by Gasteiger charge is 2.17. The number of hydrogen-bond acceptors (Lipinski definition) is 5. The van der Waals surface area contributed by atoms with E-state index in [1.165, 1.54) is 12.1 Å². The molecule has 0 radical (unpaired) electrons. The molecule has 33 heavy (non-hydrogen) atoms. The number of carboxylic acid groups (broad SMARTS) is 1. The third-order valence-electron chi connectivity index (χ3n) is 5.14. The van der Waals surface area contributed by atoms with Crippen molar-refractivity contribution in [2.75, 3.05) is 5.32 Å². The minimum atomic E-state index is -1.52. The van der Waals surface area contributed by atoms with Crippen LogP contribution < -0.4 is 10.4 Å². The molecule has 0 saturated carbocycles. The van der Waals surface area contributed by atoms with E-state index in [-0.39, 0.29) is 22.3 Å². The normalized spacial score (nSPS) is 10.9. The van der Waals surface area contributed by atoms with Gasteiger partial charge in [0.25, 0.3) is 5.91 Å².